The van der Waals surface area contributed by atoms with E-state index in [9.17, 15) is 0 Å². The summed E-state index contributed by atoms with van der Waals surface area (Å²) in [6, 6.07) is 0. The molecule has 0 saturated heterocycles. The van der Waals surface area contributed by atoms with E-state index in [1.807, 2.05) is 21.6 Å². The molecule has 0 aromatic carbocycles. The zero-order valence-electron chi connectivity index (χ0n) is 4.31. The van der Waals surface area contributed by atoms with E-state index >= 15 is 0 Å². The van der Waals surface area contributed by atoms with Crippen LogP contribution in [-0.4, -0.2) is 5.75 Å². The van der Waals surface area contributed by atoms with Gasteiger partial charge in [0.05, 0.1) is 0 Å². The van der Waals surface area contributed by atoms with Crippen LogP contribution in [0.25, 0.3) is 0 Å². The monoisotopic (exact) mass is 132 g/mol. The standard InChI is InChI=1S/C5H8S2/c1-5-2-3-6-7-4-5/h4H,2-3H2,1H3. The number of rotatable bonds is 0. The van der Waals surface area contributed by atoms with Gasteiger partial charge in [0.25, 0.3) is 0 Å². The highest BCUT2D eigenvalue weighted by Crippen LogP contribution is 2.31. The molecule has 40 valence electrons. The summed E-state index contributed by atoms with van der Waals surface area (Å²) in [5.74, 6) is 1.30. The average Bonchev–Trinajstić information content (AvgIpc) is 1.69. The second-order valence-corrected chi connectivity index (χ2v) is 3.99. The lowest BCUT2D eigenvalue weighted by Gasteiger charge is -2.04. The number of hydrogen-bond donors (Lipinski definition) is 0. The molecule has 0 nitrogen and oxygen atoms in total. The third-order valence-corrected chi connectivity index (χ3v) is 3.10. The maximum atomic E-state index is 2.23. The third-order valence-electron chi connectivity index (χ3n) is 0.897. The second-order valence-electron chi connectivity index (χ2n) is 1.63. The van der Waals surface area contributed by atoms with E-state index in [-0.39, 0.29) is 0 Å². The molecular formula is C5H8S2. The van der Waals surface area contributed by atoms with Gasteiger partial charge in [0, 0.05) is 5.75 Å². The van der Waals surface area contributed by atoms with Crippen molar-refractivity contribution in [2.24, 2.45) is 0 Å². The van der Waals surface area contributed by atoms with Gasteiger partial charge in [-0.25, -0.2) is 0 Å². The molecule has 0 amide bonds. The van der Waals surface area contributed by atoms with Crippen LogP contribution >= 0.6 is 21.6 Å². The molecular weight excluding hydrogens is 124 g/mol. The van der Waals surface area contributed by atoms with Crippen LogP contribution in [0.1, 0.15) is 13.3 Å². The van der Waals surface area contributed by atoms with Gasteiger partial charge >= 0.3 is 0 Å². The van der Waals surface area contributed by atoms with E-state index in [4.69, 9.17) is 0 Å². The zero-order chi connectivity index (χ0) is 5.11. The molecule has 0 fully saturated rings. The van der Waals surface area contributed by atoms with Crippen LogP contribution in [-0.2, 0) is 0 Å². The molecule has 7 heavy (non-hydrogen) atoms. The van der Waals surface area contributed by atoms with Crippen LogP contribution in [0.15, 0.2) is 11.0 Å². The van der Waals surface area contributed by atoms with Crippen molar-refractivity contribution in [3.63, 3.8) is 0 Å². The molecule has 0 N–H and O–H groups in total. The van der Waals surface area contributed by atoms with E-state index in [2.05, 4.69) is 12.3 Å². The SMILES string of the molecule is CC1=CSSCC1. The third kappa shape index (κ3) is 1.78. The molecule has 2 heteroatoms. The first-order valence-electron chi connectivity index (χ1n) is 2.33. The van der Waals surface area contributed by atoms with Crippen molar-refractivity contribution in [3.05, 3.63) is 11.0 Å². The summed E-state index contributed by atoms with van der Waals surface area (Å²) in [7, 11) is 3.80. The molecule has 1 rings (SSSR count). The van der Waals surface area contributed by atoms with E-state index in [1.165, 1.54) is 17.7 Å². The molecule has 0 bridgehead atoms. The zero-order valence-corrected chi connectivity index (χ0v) is 5.94. The minimum absolute atomic E-state index is 1.29. The summed E-state index contributed by atoms with van der Waals surface area (Å²) < 4.78 is 0. The molecule has 0 aliphatic carbocycles. The van der Waals surface area contributed by atoms with Gasteiger partial charge in [0.1, 0.15) is 0 Å². The van der Waals surface area contributed by atoms with Crippen LogP contribution < -0.4 is 0 Å². The van der Waals surface area contributed by atoms with Gasteiger partial charge in [0.2, 0.25) is 0 Å². The lowest BCUT2D eigenvalue weighted by atomic mass is 10.3. The van der Waals surface area contributed by atoms with Crippen molar-refractivity contribution >= 4 is 21.6 Å². The van der Waals surface area contributed by atoms with Gasteiger partial charge < -0.3 is 0 Å². The molecule has 0 aromatic heterocycles. The minimum Gasteiger partial charge on any atom is -0.0892 e. The van der Waals surface area contributed by atoms with Crippen molar-refractivity contribution < 1.29 is 0 Å². The smallest absolute Gasteiger partial charge is 0.00776 e. The van der Waals surface area contributed by atoms with Crippen molar-refractivity contribution in [3.8, 4) is 0 Å². The fraction of sp³-hybridized carbons (Fsp3) is 0.600. The summed E-state index contributed by atoms with van der Waals surface area (Å²) >= 11 is 0. The van der Waals surface area contributed by atoms with Gasteiger partial charge in [0.15, 0.2) is 0 Å². The van der Waals surface area contributed by atoms with E-state index in [0.29, 0.717) is 0 Å². The Morgan fingerprint density at radius 2 is 2.57 bits per heavy atom. The van der Waals surface area contributed by atoms with Crippen LogP contribution in [0.4, 0.5) is 0 Å². The van der Waals surface area contributed by atoms with E-state index < -0.39 is 0 Å². The first kappa shape index (κ1) is 5.57. The summed E-state index contributed by atoms with van der Waals surface area (Å²) in [6.45, 7) is 2.19. The predicted molar refractivity (Wildman–Crippen MR) is 38.4 cm³/mol. The maximum absolute atomic E-state index is 2.23. The summed E-state index contributed by atoms with van der Waals surface area (Å²) in [4.78, 5) is 0. The summed E-state index contributed by atoms with van der Waals surface area (Å²) in [5.41, 5.74) is 1.53. The normalized spacial score (nSPS) is 21.6. The van der Waals surface area contributed by atoms with Crippen LogP contribution in [0.5, 0.6) is 0 Å². The van der Waals surface area contributed by atoms with Crippen LogP contribution in [0.3, 0.4) is 0 Å². The Labute approximate surface area is 52.1 Å². The fourth-order valence-electron chi connectivity index (χ4n) is 0.426. The lowest BCUT2D eigenvalue weighted by Crippen LogP contribution is -1.82. The maximum Gasteiger partial charge on any atom is 0.00776 e. The fourth-order valence-corrected chi connectivity index (χ4v) is 2.51. The first-order chi connectivity index (χ1) is 3.39. The van der Waals surface area contributed by atoms with Gasteiger partial charge in [-0.05, 0) is 18.8 Å². The second kappa shape index (κ2) is 2.68. The Balaban J connectivity index is 2.40. The van der Waals surface area contributed by atoms with Crippen molar-refractivity contribution in [1.82, 2.24) is 0 Å². The Bertz CT molecular complexity index is 86.1. The highest BCUT2D eigenvalue weighted by molar-refractivity contribution is 8.77. The molecule has 0 unspecified atom stereocenters. The van der Waals surface area contributed by atoms with Gasteiger partial charge in [-0.2, -0.15) is 0 Å². The number of hydrogen-bond acceptors (Lipinski definition) is 2. The number of allylic oxidation sites excluding steroid dienone is 1. The Hall–Kier alpha value is 0.440. The van der Waals surface area contributed by atoms with Gasteiger partial charge in [-0.3, -0.25) is 0 Å². The highest BCUT2D eigenvalue weighted by atomic mass is 33.1. The molecule has 1 heterocycles. The quantitative estimate of drug-likeness (QED) is 0.465. The average molecular weight is 132 g/mol. The van der Waals surface area contributed by atoms with Gasteiger partial charge in [-0.1, -0.05) is 27.2 Å². The van der Waals surface area contributed by atoms with Gasteiger partial charge in [-0.15, -0.1) is 0 Å². The molecule has 0 spiro atoms. The summed E-state index contributed by atoms with van der Waals surface area (Å²) in [5, 5.41) is 2.23. The van der Waals surface area contributed by atoms with Crippen LogP contribution in [0.2, 0.25) is 0 Å². The predicted octanol–water partition coefficient (Wildman–Crippen LogP) is 2.68. The molecule has 0 aromatic rings. The van der Waals surface area contributed by atoms with Crippen molar-refractivity contribution in [2.45, 2.75) is 13.3 Å². The molecule has 0 atom stereocenters. The van der Waals surface area contributed by atoms with E-state index in [0.717, 1.165) is 0 Å². The Morgan fingerprint density at radius 3 is 2.86 bits per heavy atom. The topological polar surface area (TPSA) is 0 Å². The largest absolute Gasteiger partial charge is 0.0892 e. The Morgan fingerprint density at radius 1 is 1.71 bits per heavy atom. The minimum atomic E-state index is 1.29. The van der Waals surface area contributed by atoms with Crippen molar-refractivity contribution in [1.29, 1.82) is 0 Å². The first-order valence-corrected chi connectivity index (χ1v) is 4.72. The van der Waals surface area contributed by atoms with E-state index in [1.54, 1.807) is 0 Å². The highest BCUT2D eigenvalue weighted by Gasteiger charge is 1.96. The molecule has 0 radical (unpaired) electrons. The molecule has 1 aliphatic heterocycles. The lowest BCUT2D eigenvalue weighted by molar-refractivity contribution is 1.12. The Kier molecular flexibility index (Phi) is 2.13. The summed E-state index contributed by atoms with van der Waals surface area (Å²) in [6.07, 6.45) is 1.29. The molecule has 0 saturated carbocycles. The van der Waals surface area contributed by atoms with Crippen LogP contribution in [0, 0.1) is 0 Å². The molecule has 1 aliphatic rings. The van der Waals surface area contributed by atoms with Crippen molar-refractivity contribution in [2.75, 3.05) is 5.75 Å².